The summed E-state index contributed by atoms with van der Waals surface area (Å²) >= 11 is 0. The normalized spacial score (nSPS) is 29.5. The average Bonchev–Trinajstić information content (AvgIpc) is 2.43. The Morgan fingerprint density at radius 1 is 0.882 bits per heavy atom. The Labute approximate surface area is 106 Å². The van der Waals surface area contributed by atoms with Gasteiger partial charge in [-0.2, -0.15) is 0 Å². The van der Waals surface area contributed by atoms with E-state index in [0.29, 0.717) is 11.1 Å². The van der Waals surface area contributed by atoms with Crippen LogP contribution in [0.25, 0.3) is 0 Å². The van der Waals surface area contributed by atoms with Crippen molar-refractivity contribution in [2.75, 3.05) is 14.2 Å². The van der Waals surface area contributed by atoms with Crippen LogP contribution in [0.15, 0.2) is 24.3 Å². The predicted octanol–water partition coefficient (Wildman–Crippen LogP) is 3.94. The van der Waals surface area contributed by atoms with E-state index in [1.165, 1.54) is 38.5 Å². The summed E-state index contributed by atoms with van der Waals surface area (Å²) in [5, 5.41) is 0. The predicted molar refractivity (Wildman–Crippen MR) is 73.3 cm³/mol. The second-order valence-corrected chi connectivity index (χ2v) is 8.80. The Kier molecular flexibility index (Phi) is 4.60. The lowest BCUT2D eigenvalue weighted by Crippen LogP contribution is -2.49. The van der Waals surface area contributed by atoms with Gasteiger partial charge < -0.3 is 8.85 Å². The Balaban J connectivity index is 2.23. The highest BCUT2D eigenvalue weighted by Gasteiger charge is 2.49. The maximum absolute atomic E-state index is 5.98. The van der Waals surface area contributed by atoms with Crippen molar-refractivity contribution >= 4 is 8.56 Å². The van der Waals surface area contributed by atoms with Crippen molar-refractivity contribution in [2.24, 2.45) is 0 Å². The van der Waals surface area contributed by atoms with Gasteiger partial charge in [0.2, 0.25) is 0 Å². The van der Waals surface area contributed by atoms with E-state index in [4.69, 9.17) is 8.85 Å². The molecule has 2 rings (SSSR count). The minimum Gasteiger partial charge on any atom is -0.397 e. The molecular formula is C14H24O2Si. The highest BCUT2D eigenvalue weighted by Crippen LogP contribution is 2.44. The van der Waals surface area contributed by atoms with E-state index in [1.54, 1.807) is 0 Å². The molecule has 0 saturated carbocycles. The minimum atomic E-state index is -2.12. The van der Waals surface area contributed by atoms with Gasteiger partial charge in [0.15, 0.2) is 0 Å². The first-order valence-corrected chi connectivity index (χ1v) is 8.74. The molecule has 0 aromatic heterocycles. The molecule has 0 heterocycles. The summed E-state index contributed by atoms with van der Waals surface area (Å²) < 4.78 is 12.0. The first-order valence-electron chi connectivity index (χ1n) is 6.77. The first-order chi connectivity index (χ1) is 8.33. The topological polar surface area (TPSA) is 18.5 Å². The number of hydrogen-bond donors (Lipinski definition) is 0. The fourth-order valence-electron chi connectivity index (χ4n) is 3.26. The largest absolute Gasteiger partial charge is 0.397 e. The summed E-state index contributed by atoms with van der Waals surface area (Å²) in [6, 6.07) is 0. The van der Waals surface area contributed by atoms with E-state index < -0.39 is 8.56 Å². The van der Waals surface area contributed by atoms with Crippen LogP contribution in [-0.4, -0.2) is 22.8 Å². The van der Waals surface area contributed by atoms with Crippen molar-refractivity contribution in [2.45, 2.75) is 49.6 Å². The van der Waals surface area contributed by atoms with Crippen LogP contribution in [0.4, 0.5) is 0 Å². The van der Waals surface area contributed by atoms with Crippen LogP contribution in [0, 0.1) is 0 Å². The summed E-state index contributed by atoms with van der Waals surface area (Å²) in [6.07, 6.45) is 16.8. The van der Waals surface area contributed by atoms with Gasteiger partial charge in [-0.25, -0.2) is 0 Å². The van der Waals surface area contributed by atoms with E-state index in [-0.39, 0.29) is 0 Å². The van der Waals surface area contributed by atoms with Gasteiger partial charge in [-0.05, 0) is 38.5 Å². The second-order valence-electron chi connectivity index (χ2n) is 5.06. The monoisotopic (exact) mass is 252 g/mol. The summed E-state index contributed by atoms with van der Waals surface area (Å²) in [7, 11) is 1.58. The number of hydrogen-bond acceptors (Lipinski definition) is 2. The van der Waals surface area contributed by atoms with Gasteiger partial charge in [-0.3, -0.25) is 0 Å². The van der Waals surface area contributed by atoms with Crippen molar-refractivity contribution in [1.82, 2.24) is 0 Å². The van der Waals surface area contributed by atoms with Crippen molar-refractivity contribution < 1.29 is 8.85 Å². The van der Waals surface area contributed by atoms with Gasteiger partial charge in [0.1, 0.15) is 0 Å². The van der Waals surface area contributed by atoms with Gasteiger partial charge in [0.25, 0.3) is 0 Å². The molecular weight excluding hydrogens is 228 g/mol. The molecule has 2 atom stereocenters. The molecule has 17 heavy (non-hydrogen) atoms. The van der Waals surface area contributed by atoms with E-state index in [9.17, 15) is 0 Å². The quantitative estimate of drug-likeness (QED) is 0.557. The van der Waals surface area contributed by atoms with Gasteiger partial charge in [0.05, 0.1) is 0 Å². The van der Waals surface area contributed by atoms with Crippen LogP contribution in [0.2, 0.25) is 11.1 Å². The average molecular weight is 252 g/mol. The third kappa shape index (κ3) is 2.56. The Morgan fingerprint density at radius 3 is 1.65 bits per heavy atom. The molecule has 2 nitrogen and oxygen atoms in total. The molecule has 0 radical (unpaired) electrons. The third-order valence-electron chi connectivity index (χ3n) is 4.18. The minimum absolute atomic E-state index is 0.527. The zero-order valence-electron chi connectivity index (χ0n) is 11.0. The zero-order chi connectivity index (χ0) is 12.1. The molecule has 0 aromatic rings. The van der Waals surface area contributed by atoms with Gasteiger partial charge in [-0.15, -0.1) is 0 Å². The Bertz CT molecular complexity index is 269. The molecule has 0 saturated heterocycles. The molecule has 2 aliphatic carbocycles. The van der Waals surface area contributed by atoms with Crippen LogP contribution >= 0.6 is 0 Å². The summed E-state index contributed by atoms with van der Waals surface area (Å²) in [5.74, 6) is 0. The molecule has 96 valence electrons. The fraction of sp³-hybridized carbons (Fsp3) is 0.714. The lowest BCUT2D eigenvalue weighted by Gasteiger charge is -2.40. The van der Waals surface area contributed by atoms with Crippen molar-refractivity contribution in [3.8, 4) is 0 Å². The maximum atomic E-state index is 5.98. The molecule has 0 fully saturated rings. The van der Waals surface area contributed by atoms with E-state index in [1.807, 2.05) is 14.2 Å². The molecule has 2 unspecified atom stereocenters. The third-order valence-corrected chi connectivity index (χ3v) is 8.49. The van der Waals surface area contributed by atoms with Crippen LogP contribution in [0.3, 0.4) is 0 Å². The van der Waals surface area contributed by atoms with Crippen molar-refractivity contribution in [3.05, 3.63) is 24.3 Å². The standard InChI is InChI=1S/C14H24O2Si/c1-15-17(16-2,13-9-5-3-6-10-13)14-11-7-4-8-12-14/h5,7,9,11,13-14H,3-4,6,8,10,12H2,1-2H3. The van der Waals surface area contributed by atoms with Crippen LogP contribution in [-0.2, 0) is 8.85 Å². The summed E-state index contributed by atoms with van der Waals surface area (Å²) in [5.41, 5.74) is 1.05. The molecule has 0 aromatic carbocycles. The molecule has 0 bridgehead atoms. The zero-order valence-corrected chi connectivity index (χ0v) is 12.0. The highest BCUT2D eigenvalue weighted by atomic mass is 28.4. The van der Waals surface area contributed by atoms with Crippen LogP contribution < -0.4 is 0 Å². The fourth-order valence-corrected chi connectivity index (χ4v) is 7.21. The van der Waals surface area contributed by atoms with E-state index in [2.05, 4.69) is 24.3 Å². The lowest BCUT2D eigenvalue weighted by molar-refractivity contribution is 0.220. The second kappa shape index (κ2) is 5.98. The van der Waals surface area contributed by atoms with Gasteiger partial charge >= 0.3 is 8.56 Å². The summed E-state index contributed by atoms with van der Waals surface area (Å²) in [4.78, 5) is 0. The molecule has 0 N–H and O–H groups in total. The SMILES string of the molecule is CO[Si](OC)(C1C=CCCC1)C1C=CCCC1. The molecule has 0 amide bonds. The smallest absolute Gasteiger partial charge is 0.351 e. The molecule has 2 aliphatic rings. The van der Waals surface area contributed by atoms with Crippen molar-refractivity contribution in [3.63, 3.8) is 0 Å². The Hall–Kier alpha value is -0.383. The highest BCUT2D eigenvalue weighted by molar-refractivity contribution is 6.71. The molecule has 0 spiro atoms. The Morgan fingerprint density at radius 2 is 1.35 bits per heavy atom. The van der Waals surface area contributed by atoms with E-state index in [0.717, 1.165) is 0 Å². The lowest BCUT2D eigenvalue weighted by atomic mass is 10.1. The first kappa shape index (κ1) is 13.1. The molecule has 0 aliphatic heterocycles. The van der Waals surface area contributed by atoms with Gasteiger partial charge in [0, 0.05) is 25.3 Å². The van der Waals surface area contributed by atoms with Crippen molar-refractivity contribution in [1.29, 1.82) is 0 Å². The van der Waals surface area contributed by atoms with Crippen LogP contribution in [0.5, 0.6) is 0 Å². The number of rotatable bonds is 4. The summed E-state index contributed by atoms with van der Waals surface area (Å²) in [6.45, 7) is 0. The van der Waals surface area contributed by atoms with Gasteiger partial charge in [-0.1, -0.05) is 24.3 Å². The van der Waals surface area contributed by atoms with Crippen LogP contribution in [0.1, 0.15) is 38.5 Å². The maximum Gasteiger partial charge on any atom is 0.351 e. The van der Waals surface area contributed by atoms with E-state index >= 15 is 0 Å². The number of allylic oxidation sites excluding steroid dienone is 4. The molecule has 3 heteroatoms.